The molecule has 0 bridgehead atoms. The molecule has 21 heavy (non-hydrogen) atoms. The van der Waals surface area contributed by atoms with Crippen LogP contribution in [0.15, 0.2) is 24.3 Å². The third-order valence-electron chi connectivity index (χ3n) is 4.07. The molecule has 1 aliphatic rings. The van der Waals surface area contributed by atoms with E-state index in [1.807, 2.05) is 0 Å². The Kier molecular flexibility index (Phi) is 5.51. The number of nitrogens with zero attached hydrogens (tertiary/aromatic N) is 1. The summed E-state index contributed by atoms with van der Waals surface area (Å²) < 4.78 is 13.7. The van der Waals surface area contributed by atoms with E-state index in [-0.39, 0.29) is 5.82 Å². The third-order valence-corrected chi connectivity index (χ3v) is 4.07. The molecule has 1 N–H and O–H groups in total. The standard InChI is InChI=1S/C17H22FNO2/c1-2-15-5-3-4-10-19(15)12-13-6-8-16(18)14(11-13)7-9-17(20)21/h6-9,11,15H,2-5,10,12H2,1H3,(H,20,21). The fraction of sp³-hybridized carbons (Fsp3) is 0.471. The Hall–Kier alpha value is -1.68. The van der Waals surface area contributed by atoms with Crippen LogP contribution in [0.4, 0.5) is 4.39 Å². The van der Waals surface area contributed by atoms with Crippen LogP contribution in [0, 0.1) is 5.82 Å². The number of rotatable bonds is 5. The van der Waals surface area contributed by atoms with Crippen molar-refractivity contribution in [2.24, 2.45) is 0 Å². The van der Waals surface area contributed by atoms with Crippen LogP contribution >= 0.6 is 0 Å². The second-order valence-corrected chi connectivity index (χ2v) is 5.56. The van der Waals surface area contributed by atoms with Gasteiger partial charge in [0, 0.05) is 24.2 Å². The Morgan fingerprint density at radius 2 is 2.29 bits per heavy atom. The summed E-state index contributed by atoms with van der Waals surface area (Å²) in [5.74, 6) is -1.45. The Bertz CT molecular complexity index is 528. The van der Waals surface area contributed by atoms with Crippen LogP contribution in [-0.2, 0) is 11.3 Å². The molecule has 0 spiro atoms. The lowest BCUT2D eigenvalue weighted by atomic mass is 9.99. The van der Waals surface area contributed by atoms with Gasteiger partial charge >= 0.3 is 5.97 Å². The molecule has 2 rings (SSSR count). The monoisotopic (exact) mass is 291 g/mol. The van der Waals surface area contributed by atoms with Gasteiger partial charge in [0.1, 0.15) is 5.82 Å². The first-order chi connectivity index (χ1) is 10.1. The molecule has 0 aromatic heterocycles. The normalized spacial score (nSPS) is 20.0. The van der Waals surface area contributed by atoms with Gasteiger partial charge in [-0.3, -0.25) is 4.90 Å². The van der Waals surface area contributed by atoms with E-state index in [0.717, 1.165) is 31.1 Å². The zero-order valence-electron chi connectivity index (χ0n) is 12.4. The predicted molar refractivity (Wildman–Crippen MR) is 81.4 cm³/mol. The van der Waals surface area contributed by atoms with Crippen LogP contribution in [0.3, 0.4) is 0 Å². The average Bonchev–Trinajstić information content (AvgIpc) is 2.48. The first-order valence-corrected chi connectivity index (χ1v) is 7.53. The Labute approximate surface area is 125 Å². The number of hydrogen-bond acceptors (Lipinski definition) is 2. The smallest absolute Gasteiger partial charge is 0.328 e. The first-order valence-electron chi connectivity index (χ1n) is 7.53. The summed E-state index contributed by atoms with van der Waals surface area (Å²) in [7, 11) is 0. The highest BCUT2D eigenvalue weighted by Gasteiger charge is 2.20. The summed E-state index contributed by atoms with van der Waals surface area (Å²) in [6.07, 6.45) is 7.14. The molecule has 0 amide bonds. The maximum Gasteiger partial charge on any atom is 0.328 e. The molecule has 4 heteroatoms. The van der Waals surface area contributed by atoms with Crippen LogP contribution in [0.2, 0.25) is 0 Å². The zero-order valence-corrected chi connectivity index (χ0v) is 12.4. The minimum absolute atomic E-state index is 0.333. The van der Waals surface area contributed by atoms with E-state index in [1.165, 1.54) is 31.4 Å². The van der Waals surface area contributed by atoms with Crippen LogP contribution in [0.5, 0.6) is 0 Å². The Morgan fingerprint density at radius 3 is 3.00 bits per heavy atom. The minimum Gasteiger partial charge on any atom is -0.478 e. The second-order valence-electron chi connectivity index (χ2n) is 5.56. The highest BCUT2D eigenvalue weighted by atomic mass is 19.1. The van der Waals surface area contributed by atoms with Gasteiger partial charge in [-0.1, -0.05) is 19.4 Å². The molecular formula is C17H22FNO2. The van der Waals surface area contributed by atoms with Crippen molar-refractivity contribution in [3.05, 3.63) is 41.2 Å². The summed E-state index contributed by atoms with van der Waals surface area (Å²) in [5.41, 5.74) is 1.36. The van der Waals surface area contributed by atoms with E-state index >= 15 is 0 Å². The Morgan fingerprint density at radius 1 is 1.48 bits per heavy atom. The highest BCUT2D eigenvalue weighted by molar-refractivity contribution is 5.85. The molecule has 1 aliphatic heterocycles. The summed E-state index contributed by atoms with van der Waals surface area (Å²) in [6, 6.07) is 5.55. The van der Waals surface area contributed by atoms with Crippen molar-refractivity contribution in [1.29, 1.82) is 0 Å². The van der Waals surface area contributed by atoms with Crippen molar-refractivity contribution in [2.45, 2.75) is 45.2 Å². The highest BCUT2D eigenvalue weighted by Crippen LogP contribution is 2.22. The summed E-state index contributed by atoms with van der Waals surface area (Å²) in [4.78, 5) is 13.0. The maximum atomic E-state index is 13.7. The number of hydrogen-bond donors (Lipinski definition) is 1. The number of carbonyl (C=O) groups is 1. The van der Waals surface area contributed by atoms with Gasteiger partial charge in [-0.15, -0.1) is 0 Å². The molecular weight excluding hydrogens is 269 g/mol. The second kappa shape index (κ2) is 7.36. The van der Waals surface area contributed by atoms with Crippen LogP contribution in [-0.4, -0.2) is 28.6 Å². The molecule has 1 heterocycles. The lowest BCUT2D eigenvalue weighted by Crippen LogP contribution is -2.38. The SMILES string of the molecule is CCC1CCCCN1Cc1ccc(F)c(C=CC(=O)O)c1. The van der Waals surface area contributed by atoms with Crippen molar-refractivity contribution >= 4 is 12.0 Å². The van der Waals surface area contributed by atoms with E-state index in [2.05, 4.69) is 11.8 Å². The lowest BCUT2D eigenvalue weighted by Gasteiger charge is -2.35. The fourth-order valence-electron chi connectivity index (χ4n) is 2.95. The van der Waals surface area contributed by atoms with E-state index in [4.69, 9.17) is 5.11 Å². The van der Waals surface area contributed by atoms with Gasteiger partial charge in [0.05, 0.1) is 0 Å². The molecule has 0 aliphatic carbocycles. The molecule has 0 radical (unpaired) electrons. The molecule has 1 unspecified atom stereocenters. The Balaban J connectivity index is 2.12. The molecule has 1 atom stereocenters. The number of piperidine rings is 1. The number of carboxylic acid groups (broad SMARTS) is 1. The van der Waals surface area contributed by atoms with Gasteiger partial charge in [-0.2, -0.15) is 0 Å². The van der Waals surface area contributed by atoms with E-state index in [9.17, 15) is 9.18 Å². The number of carboxylic acids is 1. The van der Waals surface area contributed by atoms with E-state index in [1.54, 1.807) is 12.1 Å². The number of likely N-dealkylation sites (tertiary alicyclic amines) is 1. The summed E-state index contributed by atoms with van der Waals surface area (Å²) >= 11 is 0. The first kappa shape index (κ1) is 15.7. The van der Waals surface area contributed by atoms with Crippen LogP contribution in [0.25, 0.3) is 6.08 Å². The van der Waals surface area contributed by atoms with Gasteiger partial charge in [0.2, 0.25) is 0 Å². The van der Waals surface area contributed by atoms with E-state index < -0.39 is 5.97 Å². The molecule has 1 aromatic carbocycles. The summed E-state index contributed by atoms with van der Waals surface area (Å²) in [6.45, 7) is 4.08. The molecule has 1 aromatic rings. The quantitative estimate of drug-likeness (QED) is 0.841. The van der Waals surface area contributed by atoms with Crippen molar-refractivity contribution in [3.8, 4) is 0 Å². The topological polar surface area (TPSA) is 40.5 Å². The number of benzene rings is 1. The minimum atomic E-state index is -1.07. The molecule has 1 fully saturated rings. The van der Waals surface area contributed by atoms with Gasteiger partial charge in [0.25, 0.3) is 0 Å². The van der Waals surface area contributed by atoms with Crippen molar-refractivity contribution in [1.82, 2.24) is 4.90 Å². The molecule has 1 saturated heterocycles. The van der Waals surface area contributed by atoms with Crippen molar-refractivity contribution < 1.29 is 14.3 Å². The summed E-state index contributed by atoms with van der Waals surface area (Å²) in [5, 5.41) is 8.65. The lowest BCUT2D eigenvalue weighted by molar-refractivity contribution is -0.131. The molecule has 0 saturated carbocycles. The number of halogens is 1. The average molecular weight is 291 g/mol. The third kappa shape index (κ3) is 4.39. The van der Waals surface area contributed by atoms with Crippen LogP contribution < -0.4 is 0 Å². The van der Waals surface area contributed by atoms with E-state index in [0.29, 0.717) is 11.6 Å². The van der Waals surface area contributed by atoms with Crippen LogP contribution in [0.1, 0.15) is 43.7 Å². The van der Waals surface area contributed by atoms with Crippen molar-refractivity contribution in [2.75, 3.05) is 6.54 Å². The number of aliphatic carboxylic acids is 1. The maximum absolute atomic E-state index is 13.7. The molecule has 3 nitrogen and oxygen atoms in total. The predicted octanol–water partition coefficient (Wildman–Crippen LogP) is 3.69. The van der Waals surface area contributed by atoms with Gasteiger partial charge < -0.3 is 5.11 Å². The zero-order chi connectivity index (χ0) is 15.2. The van der Waals surface area contributed by atoms with Gasteiger partial charge in [-0.25, -0.2) is 9.18 Å². The van der Waals surface area contributed by atoms with Gasteiger partial charge in [-0.05, 0) is 49.6 Å². The van der Waals surface area contributed by atoms with Crippen molar-refractivity contribution in [3.63, 3.8) is 0 Å². The molecule has 114 valence electrons. The van der Waals surface area contributed by atoms with Gasteiger partial charge in [0.15, 0.2) is 0 Å². The largest absolute Gasteiger partial charge is 0.478 e. The fourth-order valence-corrected chi connectivity index (χ4v) is 2.95.